The molecule has 0 atom stereocenters. The Labute approximate surface area is 182 Å². The van der Waals surface area contributed by atoms with Gasteiger partial charge in [0.2, 0.25) is 5.52 Å². The fourth-order valence-electron chi connectivity index (χ4n) is 2.36. The molecule has 0 aromatic heterocycles. The maximum atomic E-state index is 13.4. The van der Waals surface area contributed by atoms with Gasteiger partial charge in [-0.25, -0.2) is 0 Å². The molecule has 13 heteroatoms. The topological polar surface area (TPSA) is 83.1 Å². The van der Waals surface area contributed by atoms with Gasteiger partial charge in [-0.3, -0.25) is 9.13 Å². The lowest BCUT2D eigenvalue weighted by Gasteiger charge is -2.32. The van der Waals surface area contributed by atoms with Gasteiger partial charge in [0.05, 0.1) is 32.0 Å². The van der Waals surface area contributed by atoms with Crippen LogP contribution in [0.15, 0.2) is 18.2 Å². The minimum absolute atomic E-state index is 0.0161. The fourth-order valence-corrected chi connectivity index (χ4v) is 7.96. The van der Waals surface area contributed by atoms with Crippen LogP contribution in [0.3, 0.4) is 0 Å². The Kier molecular flexibility index (Phi) is 10.6. The minimum Gasteiger partial charge on any atom is -0.361 e. The number of rotatable bonds is 12. The summed E-state index contributed by atoms with van der Waals surface area (Å²) in [5.74, 6) is 0. The molecule has 0 saturated carbocycles. The average Bonchev–Trinajstić information content (AvgIpc) is 2.60. The van der Waals surface area contributed by atoms with Crippen molar-refractivity contribution in [2.45, 2.75) is 39.4 Å². The second kappa shape index (κ2) is 11.5. The van der Waals surface area contributed by atoms with E-state index >= 15 is 0 Å². The van der Waals surface area contributed by atoms with Crippen LogP contribution in [-0.4, -0.2) is 32.0 Å². The van der Waals surface area contributed by atoms with Crippen LogP contribution in [-0.2, 0) is 33.4 Å². The van der Waals surface area contributed by atoms with Crippen molar-refractivity contribution < 1.29 is 40.4 Å². The number of anilines is 1. The molecule has 29 heavy (non-hydrogen) atoms. The molecule has 0 aliphatic heterocycles. The van der Waals surface area contributed by atoms with E-state index in [2.05, 4.69) is 5.32 Å². The third-order valence-electron chi connectivity index (χ3n) is 3.42. The molecule has 0 saturated heterocycles. The fraction of sp³-hybridized carbons (Fsp3) is 0.625. The summed E-state index contributed by atoms with van der Waals surface area (Å²) in [5.41, 5.74) is -2.26. The molecular formula is C16H25F3INO6P2. The second-order valence-corrected chi connectivity index (χ2v) is 11.3. The lowest BCUT2D eigenvalue weighted by molar-refractivity contribution is -0.137. The lowest BCUT2D eigenvalue weighted by atomic mass is 10.2. The van der Waals surface area contributed by atoms with Crippen molar-refractivity contribution in [2.24, 2.45) is 0 Å². The average molecular weight is 573 g/mol. The first-order valence-electron chi connectivity index (χ1n) is 8.88. The van der Waals surface area contributed by atoms with Gasteiger partial charge >= 0.3 is 21.4 Å². The molecule has 0 heterocycles. The summed E-state index contributed by atoms with van der Waals surface area (Å²) in [6.45, 7) is 6.26. The summed E-state index contributed by atoms with van der Waals surface area (Å²) >= 11 is 1.70. The standard InChI is InChI=1S/C16H25F3INO6P2/c1-5-24-28(22,25-6-2)15(29(23,26-7-3)27-8-4)21-14-10-9-12(11-13(14)20)16(17,18)19/h9-11,15,21H,5-8H2,1-4H3. The number of hydrogen-bond acceptors (Lipinski definition) is 7. The maximum Gasteiger partial charge on any atom is 0.416 e. The molecule has 0 spiro atoms. The summed E-state index contributed by atoms with van der Waals surface area (Å²) in [6.07, 6.45) is -4.52. The Hall–Kier alpha value is -0.160. The van der Waals surface area contributed by atoms with Crippen LogP contribution >= 0.6 is 37.8 Å². The van der Waals surface area contributed by atoms with Gasteiger partial charge in [0.15, 0.2) is 0 Å². The van der Waals surface area contributed by atoms with Crippen molar-refractivity contribution in [1.82, 2.24) is 0 Å². The van der Waals surface area contributed by atoms with E-state index in [0.29, 0.717) is 0 Å². The molecule has 1 aromatic rings. The summed E-state index contributed by atoms with van der Waals surface area (Å²) in [6, 6.07) is 2.93. The van der Waals surface area contributed by atoms with E-state index < -0.39 is 32.5 Å². The van der Waals surface area contributed by atoms with Crippen LogP contribution in [0.4, 0.5) is 18.9 Å². The zero-order valence-corrected chi connectivity index (χ0v) is 20.4. The van der Waals surface area contributed by atoms with Crippen LogP contribution < -0.4 is 5.32 Å². The first-order valence-corrected chi connectivity index (χ1v) is 13.2. The molecule has 1 N–H and O–H groups in total. The molecule has 0 aliphatic carbocycles. The van der Waals surface area contributed by atoms with Crippen LogP contribution in [0.5, 0.6) is 0 Å². The normalized spacial score (nSPS) is 13.1. The first kappa shape index (κ1) is 26.9. The largest absolute Gasteiger partial charge is 0.416 e. The summed E-state index contributed by atoms with van der Waals surface area (Å²) in [5, 5.41) is 2.75. The zero-order chi connectivity index (χ0) is 22.3. The predicted octanol–water partition coefficient (Wildman–Crippen LogP) is 6.54. The second-order valence-electron chi connectivity index (χ2n) is 5.46. The Balaban J connectivity index is 3.49. The van der Waals surface area contributed by atoms with E-state index in [9.17, 15) is 22.3 Å². The Morgan fingerprint density at radius 1 is 0.931 bits per heavy atom. The summed E-state index contributed by atoms with van der Waals surface area (Å²) < 4.78 is 87.1. The number of nitrogens with one attached hydrogen (secondary N) is 1. The summed E-state index contributed by atoms with van der Waals surface area (Å²) in [7, 11) is -8.18. The molecule has 168 valence electrons. The van der Waals surface area contributed by atoms with E-state index in [4.69, 9.17) is 18.1 Å². The molecule has 0 unspecified atom stereocenters. The Morgan fingerprint density at radius 2 is 1.34 bits per heavy atom. The van der Waals surface area contributed by atoms with Gasteiger partial charge in [-0.15, -0.1) is 0 Å². The van der Waals surface area contributed by atoms with Crippen molar-refractivity contribution in [3.8, 4) is 0 Å². The molecule has 1 rings (SSSR count). The smallest absolute Gasteiger partial charge is 0.361 e. The van der Waals surface area contributed by atoms with Crippen LogP contribution in [0.25, 0.3) is 0 Å². The van der Waals surface area contributed by atoms with Gasteiger partial charge in [0.25, 0.3) is 0 Å². The first-order chi connectivity index (χ1) is 13.5. The quantitative estimate of drug-likeness (QED) is 0.225. The number of benzene rings is 1. The monoisotopic (exact) mass is 573 g/mol. The van der Waals surface area contributed by atoms with Crippen molar-refractivity contribution >= 4 is 43.5 Å². The van der Waals surface area contributed by atoms with Crippen LogP contribution in [0.1, 0.15) is 33.3 Å². The molecule has 0 amide bonds. The van der Waals surface area contributed by atoms with Crippen molar-refractivity contribution in [1.29, 1.82) is 0 Å². The maximum absolute atomic E-state index is 13.4. The van der Waals surface area contributed by atoms with Gasteiger partial charge in [0.1, 0.15) is 0 Å². The van der Waals surface area contributed by atoms with E-state index in [1.807, 2.05) is 0 Å². The van der Waals surface area contributed by atoms with Crippen molar-refractivity contribution in [2.75, 3.05) is 31.7 Å². The van der Waals surface area contributed by atoms with Crippen LogP contribution in [0, 0.1) is 3.57 Å². The van der Waals surface area contributed by atoms with Gasteiger partial charge < -0.3 is 23.4 Å². The number of halogens is 4. The molecule has 0 bridgehead atoms. The van der Waals surface area contributed by atoms with E-state index in [1.165, 1.54) is 0 Å². The van der Waals surface area contributed by atoms with Gasteiger partial charge in [-0.2, -0.15) is 13.2 Å². The third-order valence-corrected chi connectivity index (χ3v) is 9.93. The number of alkyl halides is 3. The van der Waals surface area contributed by atoms with Crippen LogP contribution in [0.2, 0.25) is 0 Å². The molecule has 0 radical (unpaired) electrons. The molecule has 0 fully saturated rings. The van der Waals surface area contributed by atoms with E-state index in [1.54, 1.807) is 50.3 Å². The Morgan fingerprint density at radius 3 is 1.66 bits per heavy atom. The third kappa shape index (κ3) is 7.19. The summed E-state index contributed by atoms with van der Waals surface area (Å²) in [4.78, 5) is 0. The van der Waals surface area contributed by atoms with Gasteiger partial charge in [-0.1, -0.05) is 0 Å². The van der Waals surface area contributed by atoms with E-state index in [0.717, 1.165) is 18.2 Å². The highest BCUT2D eigenvalue weighted by Gasteiger charge is 2.51. The molecular weight excluding hydrogens is 548 g/mol. The predicted molar refractivity (Wildman–Crippen MR) is 113 cm³/mol. The van der Waals surface area contributed by atoms with E-state index in [-0.39, 0.29) is 35.7 Å². The van der Waals surface area contributed by atoms with Gasteiger partial charge in [0, 0.05) is 9.26 Å². The van der Waals surface area contributed by atoms with Gasteiger partial charge in [-0.05, 0) is 68.5 Å². The van der Waals surface area contributed by atoms with Crippen molar-refractivity contribution in [3.63, 3.8) is 0 Å². The molecule has 1 aromatic carbocycles. The minimum atomic E-state index is -4.52. The SMILES string of the molecule is CCOP(=O)(OCC)C(Nc1ccc(C(F)(F)F)cc1I)P(=O)(OCC)OCC. The highest BCUT2D eigenvalue weighted by molar-refractivity contribution is 14.1. The number of hydrogen-bond donors (Lipinski definition) is 1. The highest BCUT2D eigenvalue weighted by atomic mass is 127. The highest BCUT2D eigenvalue weighted by Crippen LogP contribution is 2.70. The molecule has 7 nitrogen and oxygen atoms in total. The lowest BCUT2D eigenvalue weighted by Crippen LogP contribution is -2.26. The Bertz CT molecular complexity index is 715. The zero-order valence-electron chi connectivity index (χ0n) is 16.5. The van der Waals surface area contributed by atoms with Crippen molar-refractivity contribution in [3.05, 3.63) is 27.3 Å². The molecule has 0 aliphatic rings.